The third-order valence-corrected chi connectivity index (χ3v) is 6.00. The summed E-state index contributed by atoms with van der Waals surface area (Å²) in [7, 11) is -7.61. The van der Waals surface area contributed by atoms with E-state index in [1.807, 2.05) is 6.92 Å². The van der Waals surface area contributed by atoms with E-state index < -0.39 is 25.8 Å². The summed E-state index contributed by atoms with van der Waals surface area (Å²) in [6, 6.07) is 11.4. The largest absolute Gasteiger partial charge is 0.366 e. The molecule has 0 radical (unpaired) electrons. The van der Waals surface area contributed by atoms with Crippen molar-refractivity contribution in [3.8, 4) is 0 Å². The Kier molecular flexibility index (Phi) is 5.29. The van der Waals surface area contributed by atoms with Gasteiger partial charge in [-0.3, -0.25) is 9.52 Å². The molecule has 0 saturated carbocycles. The number of benzene rings is 2. The number of nitrogens with two attached hydrogens (primary N) is 1. The van der Waals surface area contributed by atoms with Gasteiger partial charge in [0.05, 0.1) is 9.79 Å². The monoisotopic (exact) mass is 380 g/mol. The van der Waals surface area contributed by atoms with Gasteiger partial charge in [0, 0.05) is 17.2 Å². The highest BCUT2D eigenvalue weighted by Crippen LogP contribution is 2.20. The van der Waals surface area contributed by atoms with Crippen LogP contribution < -0.4 is 10.5 Å². The molecule has 9 heteroatoms. The molecule has 0 bridgehead atoms. The van der Waals surface area contributed by atoms with Crippen molar-refractivity contribution in [3.05, 3.63) is 65.6 Å². The Hall–Kier alpha value is -2.65. The molecular weight excluding hydrogens is 364 g/mol. The predicted octanol–water partition coefficient (Wildman–Crippen LogP) is 1.57. The van der Waals surface area contributed by atoms with E-state index in [4.69, 9.17) is 5.73 Å². The third-order valence-electron chi connectivity index (χ3n) is 3.18. The highest BCUT2D eigenvalue weighted by molar-refractivity contribution is 7.94. The summed E-state index contributed by atoms with van der Waals surface area (Å²) in [4.78, 5) is 10.6. The summed E-state index contributed by atoms with van der Waals surface area (Å²) in [5, 5.41) is 0.695. The predicted molar refractivity (Wildman–Crippen MR) is 93.9 cm³/mol. The fourth-order valence-corrected chi connectivity index (χ4v) is 3.92. The Morgan fingerprint density at radius 3 is 1.96 bits per heavy atom. The van der Waals surface area contributed by atoms with Crippen molar-refractivity contribution >= 4 is 31.5 Å². The average Bonchev–Trinajstić information content (AvgIpc) is 2.53. The van der Waals surface area contributed by atoms with Crippen molar-refractivity contribution in [2.24, 2.45) is 5.73 Å². The molecular formula is C16H16N2O5S2. The number of rotatable bonds is 6. The topological polar surface area (TPSA) is 123 Å². The van der Waals surface area contributed by atoms with Gasteiger partial charge in [-0.1, -0.05) is 17.7 Å². The first-order valence-electron chi connectivity index (χ1n) is 7.02. The van der Waals surface area contributed by atoms with Crippen molar-refractivity contribution in [1.29, 1.82) is 0 Å². The van der Waals surface area contributed by atoms with Crippen LogP contribution in [0.25, 0.3) is 0 Å². The molecule has 0 spiro atoms. The van der Waals surface area contributed by atoms with Crippen molar-refractivity contribution < 1.29 is 21.6 Å². The summed E-state index contributed by atoms with van der Waals surface area (Å²) >= 11 is 0. The molecule has 2 aromatic rings. The second-order valence-corrected chi connectivity index (χ2v) is 8.71. The van der Waals surface area contributed by atoms with Crippen LogP contribution in [-0.4, -0.2) is 22.7 Å². The number of sulfone groups is 1. The zero-order valence-corrected chi connectivity index (χ0v) is 14.8. The smallest absolute Gasteiger partial charge is 0.261 e. The molecule has 0 aliphatic carbocycles. The van der Waals surface area contributed by atoms with E-state index in [9.17, 15) is 21.6 Å². The molecule has 25 heavy (non-hydrogen) atoms. The van der Waals surface area contributed by atoms with Crippen molar-refractivity contribution in [2.45, 2.75) is 16.7 Å². The lowest BCUT2D eigenvalue weighted by Gasteiger charge is -2.09. The molecule has 3 N–H and O–H groups in total. The Balaban J connectivity index is 2.23. The van der Waals surface area contributed by atoms with Gasteiger partial charge in [0.2, 0.25) is 5.91 Å². The maximum absolute atomic E-state index is 12.3. The zero-order chi connectivity index (χ0) is 18.7. The van der Waals surface area contributed by atoms with Gasteiger partial charge in [-0.15, -0.1) is 0 Å². The lowest BCUT2D eigenvalue weighted by atomic mass is 10.2. The van der Waals surface area contributed by atoms with Crippen molar-refractivity contribution in [2.75, 3.05) is 4.72 Å². The molecule has 132 valence electrons. The van der Waals surface area contributed by atoms with Crippen LogP contribution in [0.3, 0.4) is 0 Å². The van der Waals surface area contributed by atoms with Crippen LogP contribution in [0.2, 0.25) is 0 Å². The standard InChI is InChI=1S/C16H16N2O5S2/c1-12-2-6-15(7-3-12)25(22,23)18-13-4-8-14(9-5-13)24(20,21)11-10-16(17)19/h2-11,18H,1H3,(H2,17,19). The number of carbonyl (C=O) groups excluding carboxylic acids is 1. The second-order valence-electron chi connectivity index (χ2n) is 5.19. The normalized spacial score (nSPS) is 12.2. The minimum Gasteiger partial charge on any atom is -0.366 e. The van der Waals surface area contributed by atoms with Gasteiger partial charge < -0.3 is 5.73 Å². The number of carbonyl (C=O) groups is 1. The molecule has 1 amide bonds. The molecule has 0 aromatic heterocycles. The fourth-order valence-electron chi connectivity index (χ4n) is 1.88. The van der Waals surface area contributed by atoms with Gasteiger partial charge in [-0.25, -0.2) is 16.8 Å². The fraction of sp³-hybridized carbons (Fsp3) is 0.0625. The molecule has 0 fully saturated rings. The van der Waals surface area contributed by atoms with Gasteiger partial charge in [0.1, 0.15) is 0 Å². The first-order chi connectivity index (χ1) is 11.6. The number of primary amides is 1. The maximum atomic E-state index is 12.3. The number of nitrogens with one attached hydrogen (secondary N) is 1. The zero-order valence-electron chi connectivity index (χ0n) is 13.2. The molecule has 7 nitrogen and oxygen atoms in total. The molecule has 0 saturated heterocycles. The van der Waals surface area contributed by atoms with Gasteiger partial charge >= 0.3 is 0 Å². The van der Waals surface area contributed by atoms with Crippen LogP contribution in [0.1, 0.15) is 5.56 Å². The van der Waals surface area contributed by atoms with Crippen LogP contribution in [0.4, 0.5) is 5.69 Å². The van der Waals surface area contributed by atoms with Gasteiger partial charge in [-0.2, -0.15) is 0 Å². The summed E-state index contributed by atoms with van der Waals surface area (Å²) in [6.07, 6.45) is 0.739. The molecule has 2 rings (SSSR count). The highest BCUT2D eigenvalue weighted by atomic mass is 32.2. The minimum absolute atomic E-state index is 0.0942. The van der Waals surface area contributed by atoms with E-state index in [2.05, 4.69) is 4.72 Å². The number of hydrogen-bond donors (Lipinski definition) is 2. The van der Waals surface area contributed by atoms with Crippen LogP contribution in [-0.2, 0) is 24.7 Å². The summed E-state index contributed by atoms with van der Waals surface area (Å²) in [6.45, 7) is 1.84. The van der Waals surface area contributed by atoms with E-state index in [-0.39, 0.29) is 15.5 Å². The van der Waals surface area contributed by atoms with Gasteiger partial charge in [0.25, 0.3) is 10.0 Å². The van der Waals surface area contributed by atoms with E-state index in [1.54, 1.807) is 12.1 Å². The lowest BCUT2D eigenvalue weighted by Crippen LogP contribution is -2.13. The molecule has 0 aliphatic heterocycles. The Morgan fingerprint density at radius 2 is 1.44 bits per heavy atom. The van der Waals surface area contributed by atoms with Crippen molar-refractivity contribution in [1.82, 2.24) is 0 Å². The first kappa shape index (κ1) is 18.7. The Morgan fingerprint density at radius 1 is 0.920 bits per heavy atom. The SMILES string of the molecule is Cc1ccc(S(=O)(=O)Nc2ccc(S(=O)(=O)C=CC(N)=O)cc2)cc1. The molecule has 0 atom stereocenters. The quantitative estimate of drug-likeness (QED) is 0.736. The number of anilines is 1. The molecule has 2 aromatic carbocycles. The van der Waals surface area contributed by atoms with E-state index in [0.29, 0.717) is 5.41 Å². The molecule has 0 aliphatic rings. The summed E-state index contributed by atoms with van der Waals surface area (Å²) in [5.74, 6) is -0.883. The number of amides is 1. The number of aryl methyl sites for hydroxylation is 1. The summed E-state index contributed by atoms with van der Waals surface area (Å²) in [5.41, 5.74) is 6.00. The number of hydrogen-bond acceptors (Lipinski definition) is 5. The van der Waals surface area contributed by atoms with E-state index in [0.717, 1.165) is 11.6 Å². The summed E-state index contributed by atoms with van der Waals surface area (Å²) < 4.78 is 50.8. The van der Waals surface area contributed by atoms with Gasteiger partial charge in [0.15, 0.2) is 9.84 Å². The first-order valence-corrected chi connectivity index (χ1v) is 10.1. The minimum atomic E-state index is -3.83. The Labute approximate surface area is 146 Å². The number of sulfonamides is 1. The highest BCUT2D eigenvalue weighted by Gasteiger charge is 2.15. The van der Waals surface area contributed by atoms with Crippen LogP contribution in [0, 0.1) is 6.92 Å². The maximum Gasteiger partial charge on any atom is 0.261 e. The van der Waals surface area contributed by atoms with Crippen molar-refractivity contribution in [3.63, 3.8) is 0 Å². The third kappa shape index (κ3) is 4.91. The van der Waals surface area contributed by atoms with Crippen LogP contribution in [0.15, 0.2) is 69.8 Å². The van der Waals surface area contributed by atoms with E-state index >= 15 is 0 Å². The van der Waals surface area contributed by atoms with E-state index in [1.165, 1.54) is 36.4 Å². The Bertz CT molecular complexity index is 1010. The molecule has 0 heterocycles. The van der Waals surface area contributed by atoms with Crippen LogP contribution in [0.5, 0.6) is 0 Å². The second kappa shape index (κ2) is 7.08. The van der Waals surface area contributed by atoms with Gasteiger partial charge in [-0.05, 0) is 43.3 Å². The van der Waals surface area contributed by atoms with Crippen LogP contribution >= 0.6 is 0 Å². The lowest BCUT2D eigenvalue weighted by molar-refractivity contribution is -0.113. The molecule has 0 unspecified atom stereocenters. The average molecular weight is 380 g/mol.